The van der Waals surface area contributed by atoms with Crippen LogP contribution < -0.4 is 4.74 Å². The van der Waals surface area contributed by atoms with Crippen LogP contribution in [-0.4, -0.2) is 55.2 Å². The molecule has 0 radical (unpaired) electrons. The number of benzene rings is 2. The van der Waals surface area contributed by atoms with Crippen molar-refractivity contribution >= 4 is 5.91 Å². The average Bonchev–Trinajstić information content (AvgIpc) is 3.32. The third-order valence-electron chi connectivity index (χ3n) is 5.55. The monoisotopic (exact) mass is 438 g/mol. The topological polar surface area (TPSA) is 55.2 Å². The molecule has 1 aromatic heterocycles. The number of amides is 1. The number of hydrogen-bond donors (Lipinski definition) is 0. The number of rotatable bonds is 8. The first kappa shape index (κ1) is 22.0. The van der Waals surface area contributed by atoms with Crippen molar-refractivity contribution in [2.75, 3.05) is 33.4 Å². The van der Waals surface area contributed by atoms with Crippen LogP contribution in [0.3, 0.4) is 0 Å². The first-order chi connectivity index (χ1) is 15.6. The Bertz CT molecular complexity index is 1020. The van der Waals surface area contributed by atoms with Gasteiger partial charge in [-0.1, -0.05) is 30.3 Å². The van der Waals surface area contributed by atoms with Gasteiger partial charge in [-0.15, -0.1) is 0 Å². The number of halogens is 1. The minimum Gasteiger partial charge on any atom is -0.496 e. The van der Waals surface area contributed by atoms with Gasteiger partial charge in [0.1, 0.15) is 17.3 Å². The van der Waals surface area contributed by atoms with Gasteiger partial charge in [0.15, 0.2) is 0 Å². The normalized spacial score (nSPS) is 16.6. The average molecular weight is 438 g/mol. The summed E-state index contributed by atoms with van der Waals surface area (Å²) in [7, 11) is 1.67. The van der Waals surface area contributed by atoms with E-state index in [2.05, 4.69) is 4.90 Å². The molecule has 1 amide bonds. The second-order valence-electron chi connectivity index (χ2n) is 7.78. The number of carbonyl (C=O) groups excluding carboxylic acids is 1. The Morgan fingerprint density at radius 2 is 1.97 bits per heavy atom. The predicted molar refractivity (Wildman–Crippen MR) is 118 cm³/mol. The molecule has 2 aromatic carbocycles. The largest absolute Gasteiger partial charge is 0.496 e. The molecule has 1 aliphatic rings. The summed E-state index contributed by atoms with van der Waals surface area (Å²) in [5.74, 6) is 0.565. The number of nitrogens with zero attached hydrogens (tertiary/aromatic N) is 2. The van der Waals surface area contributed by atoms with Gasteiger partial charge in [0.25, 0.3) is 5.91 Å². The van der Waals surface area contributed by atoms with E-state index in [1.807, 2.05) is 24.3 Å². The lowest BCUT2D eigenvalue weighted by Gasteiger charge is -2.35. The standard InChI is InChI=1S/C25H27FN2O4/c1-30-24-11-5-2-7-19(24)15-27-12-14-32-21(16-27)18-28(17-20-8-6-13-31-20)25(29)22-9-3-4-10-23(22)26/h2-11,13,21H,12,14-18H2,1H3. The van der Waals surface area contributed by atoms with E-state index in [0.29, 0.717) is 25.5 Å². The number of ether oxygens (including phenoxy) is 2. The summed E-state index contributed by atoms with van der Waals surface area (Å²) in [5, 5.41) is 0. The van der Waals surface area contributed by atoms with Crippen LogP contribution in [0, 0.1) is 5.82 Å². The fraction of sp³-hybridized carbons (Fsp3) is 0.320. The number of hydrogen-bond acceptors (Lipinski definition) is 5. The number of carbonyl (C=O) groups is 1. The Kier molecular flexibility index (Phi) is 7.19. The highest BCUT2D eigenvalue weighted by molar-refractivity contribution is 5.94. The van der Waals surface area contributed by atoms with E-state index in [4.69, 9.17) is 13.9 Å². The molecule has 0 saturated carbocycles. The maximum absolute atomic E-state index is 14.3. The third kappa shape index (κ3) is 5.36. The molecular formula is C25H27FN2O4. The zero-order chi connectivity index (χ0) is 22.3. The highest BCUT2D eigenvalue weighted by Crippen LogP contribution is 2.21. The van der Waals surface area contributed by atoms with Gasteiger partial charge in [-0.2, -0.15) is 0 Å². The van der Waals surface area contributed by atoms with Gasteiger partial charge in [0, 0.05) is 31.7 Å². The molecule has 6 nitrogen and oxygen atoms in total. The summed E-state index contributed by atoms with van der Waals surface area (Å²) >= 11 is 0. The lowest BCUT2D eigenvalue weighted by Crippen LogP contribution is -2.48. The molecule has 168 valence electrons. The van der Waals surface area contributed by atoms with Crippen molar-refractivity contribution in [3.8, 4) is 5.75 Å². The molecule has 0 bridgehead atoms. The Hall–Kier alpha value is -3.16. The fourth-order valence-corrected chi connectivity index (χ4v) is 3.97. The summed E-state index contributed by atoms with van der Waals surface area (Å²) in [6.45, 7) is 3.29. The van der Waals surface area contributed by atoms with Crippen LogP contribution in [0.5, 0.6) is 5.75 Å². The molecule has 1 saturated heterocycles. The van der Waals surface area contributed by atoms with Crippen molar-refractivity contribution in [1.82, 2.24) is 9.80 Å². The third-order valence-corrected chi connectivity index (χ3v) is 5.55. The molecule has 32 heavy (non-hydrogen) atoms. The molecule has 3 aromatic rings. The van der Waals surface area contributed by atoms with E-state index in [0.717, 1.165) is 24.4 Å². The molecule has 4 rings (SSSR count). The Morgan fingerprint density at radius 1 is 1.16 bits per heavy atom. The number of morpholine rings is 1. The van der Waals surface area contributed by atoms with Crippen LogP contribution in [0.1, 0.15) is 21.7 Å². The fourth-order valence-electron chi connectivity index (χ4n) is 3.97. The van der Waals surface area contributed by atoms with E-state index < -0.39 is 5.82 Å². The number of methoxy groups -OCH3 is 1. The van der Waals surface area contributed by atoms with E-state index in [1.54, 1.807) is 42.5 Å². The first-order valence-electron chi connectivity index (χ1n) is 10.7. The molecule has 1 fully saturated rings. The summed E-state index contributed by atoms with van der Waals surface area (Å²) in [5.41, 5.74) is 1.14. The SMILES string of the molecule is COc1ccccc1CN1CCOC(CN(Cc2ccco2)C(=O)c2ccccc2F)C1. The van der Waals surface area contributed by atoms with Crippen molar-refractivity contribution in [2.45, 2.75) is 19.2 Å². The lowest BCUT2D eigenvalue weighted by atomic mass is 10.1. The Morgan fingerprint density at radius 3 is 2.75 bits per heavy atom. The molecular weight excluding hydrogens is 411 g/mol. The summed E-state index contributed by atoms with van der Waals surface area (Å²) in [6.07, 6.45) is 1.36. The van der Waals surface area contributed by atoms with Crippen LogP contribution in [0.15, 0.2) is 71.3 Å². The lowest BCUT2D eigenvalue weighted by molar-refractivity contribution is -0.0444. The Labute approximate surface area is 187 Å². The van der Waals surface area contributed by atoms with Gasteiger partial charge in [-0.3, -0.25) is 9.69 Å². The molecule has 7 heteroatoms. The van der Waals surface area contributed by atoms with Crippen molar-refractivity contribution in [2.24, 2.45) is 0 Å². The number of para-hydroxylation sites is 1. The highest BCUT2D eigenvalue weighted by atomic mass is 19.1. The van der Waals surface area contributed by atoms with Gasteiger partial charge >= 0.3 is 0 Å². The number of furan rings is 1. The van der Waals surface area contributed by atoms with Gasteiger partial charge in [-0.05, 0) is 30.3 Å². The predicted octanol–water partition coefficient (Wildman–Crippen LogP) is 3.97. The molecule has 1 aliphatic heterocycles. The van der Waals surface area contributed by atoms with Crippen LogP contribution in [0.25, 0.3) is 0 Å². The van der Waals surface area contributed by atoms with Crippen molar-refractivity contribution in [1.29, 1.82) is 0 Å². The zero-order valence-electron chi connectivity index (χ0n) is 18.1. The van der Waals surface area contributed by atoms with Crippen LogP contribution in [-0.2, 0) is 17.8 Å². The quantitative estimate of drug-likeness (QED) is 0.533. The molecule has 1 atom stereocenters. The first-order valence-corrected chi connectivity index (χ1v) is 10.7. The van der Waals surface area contributed by atoms with E-state index in [-0.39, 0.29) is 24.1 Å². The van der Waals surface area contributed by atoms with Crippen molar-refractivity contribution in [3.05, 3.63) is 89.6 Å². The van der Waals surface area contributed by atoms with Crippen molar-refractivity contribution in [3.63, 3.8) is 0 Å². The van der Waals surface area contributed by atoms with Crippen LogP contribution in [0.4, 0.5) is 4.39 Å². The van der Waals surface area contributed by atoms with Gasteiger partial charge in [0.05, 0.1) is 38.2 Å². The molecule has 2 heterocycles. The second kappa shape index (κ2) is 10.4. The maximum atomic E-state index is 14.3. The minimum atomic E-state index is -0.538. The van der Waals surface area contributed by atoms with Gasteiger partial charge < -0.3 is 18.8 Å². The van der Waals surface area contributed by atoms with Crippen LogP contribution in [0.2, 0.25) is 0 Å². The van der Waals surface area contributed by atoms with Gasteiger partial charge in [0.2, 0.25) is 0 Å². The van der Waals surface area contributed by atoms with E-state index >= 15 is 0 Å². The van der Waals surface area contributed by atoms with Crippen molar-refractivity contribution < 1.29 is 23.1 Å². The second-order valence-corrected chi connectivity index (χ2v) is 7.78. The summed E-state index contributed by atoms with van der Waals surface area (Å²) in [4.78, 5) is 17.1. The molecule has 0 spiro atoms. The molecule has 0 N–H and O–H groups in total. The Balaban J connectivity index is 1.47. The maximum Gasteiger partial charge on any atom is 0.257 e. The molecule has 0 aliphatic carbocycles. The summed E-state index contributed by atoms with van der Waals surface area (Å²) < 4.78 is 31.2. The zero-order valence-corrected chi connectivity index (χ0v) is 18.1. The van der Waals surface area contributed by atoms with E-state index in [9.17, 15) is 9.18 Å². The van der Waals surface area contributed by atoms with E-state index in [1.165, 1.54) is 12.1 Å². The smallest absolute Gasteiger partial charge is 0.257 e. The van der Waals surface area contributed by atoms with Crippen LogP contribution >= 0.6 is 0 Å². The summed E-state index contributed by atoms with van der Waals surface area (Å²) in [6, 6.07) is 17.5. The van der Waals surface area contributed by atoms with Gasteiger partial charge in [-0.25, -0.2) is 4.39 Å². The molecule has 1 unspecified atom stereocenters. The highest BCUT2D eigenvalue weighted by Gasteiger charge is 2.27. The minimum absolute atomic E-state index is 0.0424.